The molecular weight excluding hydrogens is 202 g/mol. The van der Waals surface area contributed by atoms with Gasteiger partial charge in [0.15, 0.2) is 0 Å². The van der Waals surface area contributed by atoms with E-state index >= 15 is 0 Å². The predicted molar refractivity (Wildman–Crippen MR) is 55.9 cm³/mol. The summed E-state index contributed by atoms with van der Waals surface area (Å²) in [4.78, 5) is 0. The van der Waals surface area contributed by atoms with Crippen LogP contribution in [0.25, 0.3) is 0 Å². The molecule has 1 aromatic carbocycles. The summed E-state index contributed by atoms with van der Waals surface area (Å²) in [5.74, 6) is 0. The average molecular weight is 215 g/mol. The van der Waals surface area contributed by atoms with E-state index in [1.54, 1.807) is 24.3 Å². The average Bonchev–Trinajstić information content (AvgIpc) is 2.06. The molecule has 0 spiro atoms. The molecular formula is C8H13N3O2S. The fourth-order valence-corrected chi connectivity index (χ4v) is 1.54. The summed E-state index contributed by atoms with van der Waals surface area (Å²) in [6.45, 7) is 0.571. The van der Waals surface area contributed by atoms with Crippen molar-refractivity contribution in [2.24, 2.45) is 10.9 Å². The van der Waals surface area contributed by atoms with Crippen molar-refractivity contribution >= 4 is 15.9 Å². The van der Waals surface area contributed by atoms with E-state index in [0.29, 0.717) is 12.2 Å². The van der Waals surface area contributed by atoms with E-state index in [1.165, 1.54) is 0 Å². The Balaban J connectivity index is 2.74. The number of anilines is 1. The summed E-state index contributed by atoms with van der Waals surface area (Å²) >= 11 is 0. The summed E-state index contributed by atoms with van der Waals surface area (Å²) in [5, 5.41) is 4.81. The van der Waals surface area contributed by atoms with Crippen molar-refractivity contribution in [1.29, 1.82) is 0 Å². The van der Waals surface area contributed by atoms with Crippen LogP contribution in [0.2, 0.25) is 0 Å². The molecule has 5 N–H and O–H groups in total. The Kier molecular flexibility index (Phi) is 3.45. The molecule has 0 atom stereocenters. The van der Waals surface area contributed by atoms with Crippen molar-refractivity contribution < 1.29 is 8.42 Å². The lowest BCUT2D eigenvalue weighted by Crippen LogP contribution is -2.21. The van der Waals surface area contributed by atoms with Crippen LogP contribution >= 0.6 is 0 Å². The Morgan fingerprint density at radius 2 is 1.79 bits per heavy atom. The summed E-state index contributed by atoms with van der Waals surface area (Å²) in [5.41, 5.74) is 6.88. The molecule has 0 aliphatic rings. The highest BCUT2D eigenvalue weighted by atomic mass is 32.2. The first kappa shape index (κ1) is 11.0. The van der Waals surface area contributed by atoms with Gasteiger partial charge in [0.05, 0.1) is 0 Å². The van der Waals surface area contributed by atoms with Crippen molar-refractivity contribution in [3.8, 4) is 0 Å². The number of benzene rings is 1. The first-order valence-corrected chi connectivity index (χ1v) is 5.65. The molecule has 0 unspecified atom stereocenters. The molecule has 6 heteroatoms. The van der Waals surface area contributed by atoms with Crippen LogP contribution < -0.4 is 15.6 Å². The van der Waals surface area contributed by atoms with E-state index in [4.69, 9.17) is 10.9 Å². The van der Waals surface area contributed by atoms with E-state index in [1.807, 2.05) is 0 Å². The van der Waals surface area contributed by atoms with Crippen LogP contribution in [0.3, 0.4) is 0 Å². The number of nitrogens with two attached hydrogens (primary N) is 2. The fraction of sp³-hybridized carbons (Fsp3) is 0.250. The van der Waals surface area contributed by atoms with Crippen LogP contribution in [-0.4, -0.2) is 15.0 Å². The molecule has 0 amide bonds. The smallest absolute Gasteiger partial charge is 0.296 e. The van der Waals surface area contributed by atoms with Crippen LogP contribution in [0.4, 0.5) is 5.69 Å². The quantitative estimate of drug-likeness (QED) is 0.648. The highest BCUT2D eigenvalue weighted by Crippen LogP contribution is 2.10. The molecule has 0 saturated heterocycles. The van der Waals surface area contributed by atoms with Gasteiger partial charge in [-0.1, -0.05) is 12.1 Å². The Labute approximate surface area is 83.3 Å². The lowest BCUT2D eigenvalue weighted by Gasteiger charge is -2.04. The van der Waals surface area contributed by atoms with E-state index < -0.39 is 10.2 Å². The van der Waals surface area contributed by atoms with Gasteiger partial charge in [-0.05, 0) is 30.7 Å². The van der Waals surface area contributed by atoms with Gasteiger partial charge >= 0.3 is 0 Å². The minimum Gasteiger partial charge on any atom is -0.330 e. The zero-order valence-corrected chi connectivity index (χ0v) is 8.42. The SMILES string of the molecule is NCCc1ccc(NS(N)(=O)=O)cc1. The van der Waals surface area contributed by atoms with Gasteiger partial charge < -0.3 is 5.73 Å². The molecule has 14 heavy (non-hydrogen) atoms. The van der Waals surface area contributed by atoms with Crippen molar-refractivity contribution in [2.75, 3.05) is 11.3 Å². The zero-order valence-electron chi connectivity index (χ0n) is 7.60. The van der Waals surface area contributed by atoms with Crippen LogP contribution in [0.5, 0.6) is 0 Å². The molecule has 1 rings (SSSR count). The number of rotatable bonds is 4. The van der Waals surface area contributed by atoms with Gasteiger partial charge in [-0.25, -0.2) is 5.14 Å². The molecule has 0 aliphatic carbocycles. The molecule has 1 aromatic rings. The molecule has 5 nitrogen and oxygen atoms in total. The second kappa shape index (κ2) is 4.41. The maximum Gasteiger partial charge on any atom is 0.296 e. The maximum absolute atomic E-state index is 10.7. The van der Waals surface area contributed by atoms with Crippen LogP contribution in [0.1, 0.15) is 5.56 Å². The Bertz CT molecular complexity index is 386. The molecule has 0 aliphatic heterocycles. The van der Waals surface area contributed by atoms with Gasteiger partial charge in [-0.15, -0.1) is 0 Å². The van der Waals surface area contributed by atoms with E-state index in [2.05, 4.69) is 4.72 Å². The lowest BCUT2D eigenvalue weighted by molar-refractivity contribution is 0.603. The standard InChI is InChI=1S/C8H13N3O2S/c9-6-5-7-1-3-8(4-2-7)11-14(10,12)13/h1-4,11H,5-6,9H2,(H2,10,12,13). The fourth-order valence-electron chi connectivity index (χ4n) is 1.07. The van der Waals surface area contributed by atoms with Crippen molar-refractivity contribution in [2.45, 2.75) is 6.42 Å². The third kappa shape index (κ3) is 3.73. The maximum atomic E-state index is 10.7. The highest BCUT2D eigenvalue weighted by molar-refractivity contribution is 7.90. The third-order valence-corrected chi connectivity index (χ3v) is 2.17. The van der Waals surface area contributed by atoms with Crippen molar-refractivity contribution in [3.05, 3.63) is 29.8 Å². The normalized spacial score (nSPS) is 11.3. The van der Waals surface area contributed by atoms with Gasteiger partial charge in [0.1, 0.15) is 0 Å². The third-order valence-electron chi connectivity index (χ3n) is 1.65. The van der Waals surface area contributed by atoms with E-state index in [9.17, 15) is 8.42 Å². The van der Waals surface area contributed by atoms with E-state index in [0.717, 1.165) is 12.0 Å². The Morgan fingerprint density at radius 3 is 2.21 bits per heavy atom. The topological polar surface area (TPSA) is 98.2 Å². The summed E-state index contributed by atoms with van der Waals surface area (Å²) < 4.78 is 23.5. The minimum atomic E-state index is -3.68. The van der Waals surface area contributed by atoms with E-state index in [-0.39, 0.29) is 0 Å². The summed E-state index contributed by atoms with van der Waals surface area (Å²) in [6, 6.07) is 6.91. The van der Waals surface area contributed by atoms with Gasteiger partial charge in [0.2, 0.25) is 0 Å². The largest absolute Gasteiger partial charge is 0.330 e. The van der Waals surface area contributed by atoms with Crippen molar-refractivity contribution in [3.63, 3.8) is 0 Å². The molecule has 0 saturated carbocycles. The molecule has 0 heterocycles. The molecule has 0 aromatic heterocycles. The lowest BCUT2D eigenvalue weighted by atomic mass is 10.1. The molecule has 78 valence electrons. The van der Waals surface area contributed by atoms with Crippen LogP contribution in [-0.2, 0) is 16.6 Å². The second-order valence-corrected chi connectivity index (χ2v) is 4.18. The number of nitrogens with one attached hydrogen (secondary N) is 1. The van der Waals surface area contributed by atoms with Gasteiger partial charge in [-0.2, -0.15) is 8.42 Å². The zero-order chi connectivity index (χ0) is 10.6. The number of hydrogen-bond donors (Lipinski definition) is 3. The van der Waals surface area contributed by atoms with Gasteiger partial charge in [0, 0.05) is 5.69 Å². The monoisotopic (exact) mass is 215 g/mol. The van der Waals surface area contributed by atoms with Crippen molar-refractivity contribution in [1.82, 2.24) is 0 Å². The van der Waals surface area contributed by atoms with Gasteiger partial charge in [0.25, 0.3) is 10.2 Å². The Hall–Kier alpha value is -1.11. The summed E-state index contributed by atoms with van der Waals surface area (Å²) in [6.07, 6.45) is 0.773. The summed E-state index contributed by atoms with van der Waals surface area (Å²) in [7, 11) is -3.68. The minimum absolute atomic E-state index is 0.452. The molecule has 0 bridgehead atoms. The van der Waals surface area contributed by atoms with Crippen LogP contribution in [0, 0.1) is 0 Å². The Morgan fingerprint density at radius 1 is 1.21 bits per heavy atom. The molecule has 0 radical (unpaired) electrons. The first-order chi connectivity index (χ1) is 6.51. The van der Waals surface area contributed by atoms with Gasteiger partial charge in [-0.3, -0.25) is 4.72 Å². The highest BCUT2D eigenvalue weighted by Gasteiger charge is 2.01. The molecule has 0 fully saturated rings. The predicted octanol–water partition coefficient (Wildman–Crippen LogP) is -0.197. The first-order valence-electron chi connectivity index (χ1n) is 4.11. The van der Waals surface area contributed by atoms with Crippen LogP contribution in [0.15, 0.2) is 24.3 Å². The second-order valence-electron chi connectivity index (χ2n) is 2.88. The number of hydrogen-bond acceptors (Lipinski definition) is 3.